The van der Waals surface area contributed by atoms with Crippen LogP contribution in [0.3, 0.4) is 0 Å². The molecule has 0 aliphatic rings. The van der Waals surface area contributed by atoms with Gasteiger partial charge in [-0.25, -0.2) is 4.79 Å². The number of carbonyl (C=O) groups is 1. The standard InChI is InChI=1S/C16H16O5/c1-20-14-7-12(11-6-4-3-5-10(11)9-17)13(16(18)19)8-15(14)21-2/h3-8,17H,9H2,1-2H3,(H,18,19). The second kappa shape index (κ2) is 6.28. The Morgan fingerprint density at radius 3 is 2.24 bits per heavy atom. The summed E-state index contributed by atoms with van der Waals surface area (Å²) in [5.41, 5.74) is 1.86. The molecular weight excluding hydrogens is 272 g/mol. The number of hydrogen-bond acceptors (Lipinski definition) is 4. The van der Waals surface area contributed by atoms with E-state index < -0.39 is 5.97 Å². The molecule has 0 unspecified atom stereocenters. The molecule has 0 fully saturated rings. The third kappa shape index (κ3) is 2.83. The van der Waals surface area contributed by atoms with Crippen LogP contribution in [0.4, 0.5) is 0 Å². The molecule has 0 amide bonds. The zero-order valence-electron chi connectivity index (χ0n) is 11.8. The first-order valence-electron chi connectivity index (χ1n) is 6.30. The van der Waals surface area contributed by atoms with E-state index in [4.69, 9.17) is 9.47 Å². The molecule has 2 aromatic carbocycles. The van der Waals surface area contributed by atoms with Gasteiger partial charge in [-0.05, 0) is 23.3 Å². The van der Waals surface area contributed by atoms with Crippen LogP contribution in [0.5, 0.6) is 11.5 Å². The lowest BCUT2D eigenvalue weighted by Gasteiger charge is -2.15. The van der Waals surface area contributed by atoms with E-state index in [0.717, 1.165) is 0 Å². The van der Waals surface area contributed by atoms with E-state index in [9.17, 15) is 15.0 Å². The van der Waals surface area contributed by atoms with Crippen molar-refractivity contribution in [1.29, 1.82) is 0 Å². The van der Waals surface area contributed by atoms with Crippen LogP contribution in [-0.4, -0.2) is 30.4 Å². The smallest absolute Gasteiger partial charge is 0.336 e. The van der Waals surface area contributed by atoms with E-state index in [1.165, 1.54) is 20.3 Å². The molecule has 0 aliphatic carbocycles. The molecular formula is C16H16O5. The van der Waals surface area contributed by atoms with Gasteiger partial charge in [-0.1, -0.05) is 24.3 Å². The molecule has 0 radical (unpaired) electrons. The lowest BCUT2D eigenvalue weighted by molar-refractivity contribution is 0.0697. The topological polar surface area (TPSA) is 76.0 Å². The number of hydrogen-bond donors (Lipinski definition) is 2. The molecule has 2 N–H and O–H groups in total. The van der Waals surface area contributed by atoms with Crippen LogP contribution >= 0.6 is 0 Å². The van der Waals surface area contributed by atoms with Gasteiger partial charge in [0, 0.05) is 5.56 Å². The first kappa shape index (κ1) is 14.9. The van der Waals surface area contributed by atoms with Crippen molar-refractivity contribution >= 4 is 5.97 Å². The van der Waals surface area contributed by atoms with Gasteiger partial charge in [-0.2, -0.15) is 0 Å². The van der Waals surface area contributed by atoms with E-state index in [0.29, 0.717) is 28.2 Å². The van der Waals surface area contributed by atoms with E-state index >= 15 is 0 Å². The highest BCUT2D eigenvalue weighted by Crippen LogP contribution is 2.37. The molecule has 21 heavy (non-hydrogen) atoms. The van der Waals surface area contributed by atoms with Gasteiger partial charge >= 0.3 is 5.97 Å². The molecule has 5 nitrogen and oxygen atoms in total. The second-order valence-corrected chi connectivity index (χ2v) is 4.37. The molecule has 2 aromatic rings. The summed E-state index contributed by atoms with van der Waals surface area (Å²) >= 11 is 0. The SMILES string of the molecule is COc1cc(C(=O)O)c(-c2ccccc2CO)cc1OC. The van der Waals surface area contributed by atoms with Crippen LogP contribution in [0.25, 0.3) is 11.1 Å². The van der Waals surface area contributed by atoms with Gasteiger partial charge in [-0.15, -0.1) is 0 Å². The molecule has 0 aliphatic heterocycles. The summed E-state index contributed by atoms with van der Waals surface area (Å²) in [6.45, 7) is -0.177. The van der Waals surface area contributed by atoms with E-state index in [2.05, 4.69) is 0 Å². The Morgan fingerprint density at radius 1 is 1.05 bits per heavy atom. The Bertz CT molecular complexity index is 664. The van der Waals surface area contributed by atoms with E-state index in [-0.39, 0.29) is 12.2 Å². The zero-order valence-corrected chi connectivity index (χ0v) is 11.8. The van der Waals surface area contributed by atoms with Gasteiger partial charge in [0.1, 0.15) is 0 Å². The number of aliphatic hydroxyl groups excluding tert-OH is 1. The van der Waals surface area contributed by atoms with Gasteiger partial charge in [0.15, 0.2) is 11.5 Å². The van der Waals surface area contributed by atoms with Crippen molar-refractivity contribution in [3.63, 3.8) is 0 Å². The van der Waals surface area contributed by atoms with Crippen molar-refractivity contribution in [1.82, 2.24) is 0 Å². The highest BCUT2D eigenvalue weighted by atomic mass is 16.5. The maximum absolute atomic E-state index is 11.5. The number of carboxylic acids is 1. The van der Waals surface area contributed by atoms with Crippen LogP contribution in [0, 0.1) is 0 Å². The summed E-state index contributed by atoms with van der Waals surface area (Å²) in [4.78, 5) is 11.5. The predicted octanol–water partition coefficient (Wildman–Crippen LogP) is 2.56. The summed E-state index contributed by atoms with van der Waals surface area (Å²) in [5.74, 6) is -0.288. The summed E-state index contributed by atoms with van der Waals surface area (Å²) < 4.78 is 10.4. The van der Waals surface area contributed by atoms with Crippen molar-refractivity contribution in [2.45, 2.75) is 6.61 Å². The monoisotopic (exact) mass is 288 g/mol. The molecule has 0 atom stereocenters. The molecule has 0 aromatic heterocycles. The Kier molecular flexibility index (Phi) is 4.45. The summed E-state index contributed by atoms with van der Waals surface area (Å²) in [6.07, 6.45) is 0. The average Bonchev–Trinajstić information content (AvgIpc) is 2.53. The number of rotatable bonds is 5. The predicted molar refractivity (Wildman–Crippen MR) is 77.9 cm³/mol. The minimum Gasteiger partial charge on any atom is -0.493 e. The third-order valence-electron chi connectivity index (χ3n) is 3.23. The number of aliphatic hydroxyl groups is 1. The largest absolute Gasteiger partial charge is 0.493 e. The van der Waals surface area contributed by atoms with Crippen LogP contribution in [0.15, 0.2) is 36.4 Å². The van der Waals surface area contributed by atoms with Gasteiger partial charge in [0.25, 0.3) is 0 Å². The fourth-order valence-corrected chi connectivity index (χ4v) is 2.20. The van der Waals surface area contributed by atoms with Crippen LogP contribution < -0.4 is 9.47 Å². The summed E-state index contributed by atoms with van der Waals surface area (Å²) in [7, 11) is 2.94. The second-order valence-electron chi connectivity index (χ2n) is 4.37. The molecule has 0 spiro atoms. The molecule has 0 saturated heterocycles. The average molecular weight is 288 g/mol. The number of carboxylic acid groups (broad SMARTS) is 1. The van der Waals surface area contributed by atoms with Gasteiger partial charge in [0.05, 0.1) is 26.4 Å². The molecule has 110 valence electrons. The molecule has 0 bridgehead atoms. The Morgan fingerprint density at radius 2 is 1.67 bits per heavy atom. The first-order chi connectivity index (χ1) is 10.1. The third-order valence-corrected chi connectivity index (χ3v) is 3.23. The minimum absolute atomic E-state index is 0.0913. The lowest BCUT2D eigenvalue weighted by Crippen LogP contribution is -2.03. The van der Waals surface area contributed by atoms with Crippen LogP contribution in [-0.2, 0) is 6.61 Å². The molecule has 0 saturated carbocycles. The van der Waals surface area contributed by atoms with Crippen LogP contribution in [0.1, 0.15) is 15.9 Å². The highest BCUT2D eigenvalue weighted by Gasteiger charge is 2.18. The normalized spacial score (nSPS) is 10.2. The summed E-state index contributed by atoms with van der Waals surface area (Å²) in [6, 6.07) is 10.1. The quantitative estimate of drug-likeness (QED) is 0.884. The molecule has 0 heterocycles. The van der Waals surface area contributed by atoms with E-state index in [1.807, 2.05) is 0 Å². The van der Waals surface area contributed by atoms with Crippen LogP contribution in [0.2, 0.25) is 0 Å². The lowest BCUT2D eigenvalue weighted by atomic mass is 9.95. The Labute approximate surface area is 122 Å². The van der Waals surface area contributed by atoms with Crippen molar-refractivity contribution in [3.8, 4) is 22.6 Å². The first-order valence-corrected chi connectivity index (χ1v) is 6.30. The van der Waals surface area contributed by atoms with E-state index in [1.54, 1.807) is 30.3 Å². The maximum Gasteiger partial charge on any atom is 0.336 e. The minimum atomic E-state index is -1.07. The highest BCUT2D eigenvalue weighted by molar-refractivity contribution is 5.97. The molecule has 2 rings (SSSR count). The Hall–Kier alpha value is -2.53. The number of aromatic carboxylic acids is 1. The fourth-order valence-electron chi connectivity index (χ4n) is 2.20. The molecule has 5 heteroatoms. The Balaban J connectivity index is 2.74. The zero-order chi connectivity index (χ0) is 15.4. The van der Waals surface area contributed by atoms with Crippen molar-refractivity contribution in [2.24, 2.45) is 0 Å². The summed E-state index contributed by atoms with van der Waals surface area (Å²) in [5, 5.41) is 18.8. The van der Waals surface area contributed by atoms with Gasteiger partial charge in [-0.3, -0.25) is 0 Å². The van der Waals surface area contributed by atoms with Gasteiger partial charge in [0.2, 0.25) is 0 Å². The maximum atomic E-state index is 11.5. The fraction of sp³-hybridized carbons (Fsp3) is 0.188. The number of methoxy groups -OCH3 is 2. The van der Waals surface area contributed by atoms with Crippen molar-refractivity contribution in [2.75, 3.05) is 14.2 Å². The van der Waals surface area contributed by atoms with Crippen molar-refractivity contribution in [3.05, 3.63) is 47.5 Å². The van der Waals surface area contributed by atoms with Crippen molar-refractivity contribution < 1.29 is 24.5 Å². The number of ether oxygens (including phenoxy) is 2. The van der Waals surface area contributed by atoms with Gasteiger partial charge < -0.3 is 19.7 Å². The number of benzene rings is 2.